The number of terminal acetylenes is 1. The number of carboxylic acid groups (broad SMARTS) is 4. The maximum atomic E-state index is 12.4. The molecular weight excluding hydrogens is 420 g/mol. The largest absolute Gasteiger partial charge is 0.481 e. The Kier molecular flexibility index (Phi) is 7.20. The predicted octanol–water partition coefficient (Wildman–Crippen LogP) is 2.68. The summed E-state index contributed by atoms with van der Waals surface area (Å²) in [5, 5.41) is 40.0. The minimum absolute atomic E-state index is 1.12. The van der Waals surface area contributed by atoms with Crippen LogP contribution in [0.1, 0.15) is 55.4 Å². The van der Waals surface area contributed by atoms with Crippen molar-refractivity contribution in [3.05, 3.63) is 0 Å². The SMILES string of the molecule is C#C[C@H]1OC(C(C)(C)C(=O)O)[C@H](C(C)(C)C(=O)O)[C@H](C(C)(C)C(=O)O)[C@@H]1C(C)(C)C(=O)O. The number of hydrogen-bond donors (Lipinski definition) is 4. The Balaban J connectivity index is 4.15. The fourth-order valence-corrected chi connectivity index (χ4v) is 4.79. The van der Waals surface area contributed by atoms with Crippen LogP contribution in [0.3, 0.4) is 0 Å². The minimum Gasteiger partial charge on any atom is -0.481 e. The Labute approximate surface area is 188 Å². The second-order valence-electron chi connectivity index (χ2n) is 10.8. The lowest BCUT2D eigenvalue weighted by molar-refractivity contribution is -0.241. The fraction of sp³-hybridized carbons (Fsp3) is 0.739. The molecule has 0 saturated carbocycles. The molecule has 9 heteroatoms. The van der Waals surface area contributed by atoms with E-state index in [0.29, 0.717) is 0 Å². The van der Waals surface area contributed by atoms with Gasteiger partial charge in [0.2, 0.25) is 0 Å². The summed E-state index contributed by atoms with van der Waals surface area (Å²) in [5.74, 6) is -6.24. The van der Waals surface area contributed by atoms with E-state index in [-0.39, 0.29) is 0 Å². The summed E-state index contributed by atoms with van der Waals surface area (Å²) in [5.41, 5.74) is -6.61. The van der Waals surface area contributed by atoms with Gasteiger partial charge in [-0.1, -0.05) is 5.92 Å². The quantitative estimate of drug-likeness (QED) is 0.404. The standard InChI is InChI=1S/C23H34O9/c1-10-11-12(20(2,3)16(24)25)13(21(4,5)17(26)27)14(22(6,7)18(28)29)15(32-11)23(8,9)19(30)31/h1,11-15H,2-9H3,(H,24,25)(H,26,27)(H,28,29)(H,30,31)/t11-,12-,13-,14-,15?/m1/s1. The van der Waals surface area contributed by atoms with E-state index in [2.05, 4.69) is 5.92 Å². The summed E-state index contributed by atoms with van der Waals surface area (Å²) in [7, 11) is 0. The first kappa shape index (κ1) is 27.4. The van der Waals surface area contributed by atoms with Crippen LogP contribution in [0.15, 0.2) is 0 Å². The van der Waals surface area contributed by atoms with Crippen LogP contribution in [0.2, 0.25) is 0 Å². The van der Waals surface area contributed by atoms with Crippen molar-refractivity contribution in [2.24, 2.45) is 39.4 Å². The molecule has 0 bridgehead atoms. The molecule has 0 amide bonds. The molecule has 0 aromatic rings. The monoisotopic (exact) mass is 454 g/mol. The van der Waals surface area contributed by atoms with Crippen LogP contribution in [-0.2, 0) is 23.9 Å². The van der Waals surface area contributed by atoms with Gasteiger partial charge in [-0.05, 0) is 61.3 Å². The Morgan fingerprint density at radius 2 is 0.938 bits per heavy atom. The highest BCUT2D eigenvalue weighted by atomic mass is 16.5. The average Bonchev–Trinajstić information content (AvgIpc) is 2.65. The Bertz CT molecular complexity index is 844. The van der Waals surface area contributed by atoms with Crippen molar-refractivity contribution in [3.8, 4) is 12.3 Å². The summed E-state index contributed by atoms with van der Waals surface area (Å²) < 4.78 is 6.03. The lowest BCUT2D eigenvalue weighted by Gasteiger charge is -2.59. The van der Waals surface area contributed by atoms with Gasteiger partial charge in [-0.2, -0.15) is 0 Å². The molecule has 1 aliphatic heterocycles. The van der Waals surface area contributed by atoms with Gasteiger partial charge >= 0.3 is 23.9 Å². The van der Waals surface area contributed by atoms with E-state index in [1.54, 1.807) is 0 Å². The predicted molar refractivity (Wildman–Crippen MR) is 114 cm³/mol. The number of ether oxygens (including phenoxy) is 1. The van der Waals surface area contributed by atoms with Gasteiger partial charge in [-0.15, -0.1) is 6.42 Å². The molecule has 0 spiro atoms. The summed E-state index contributed by atoms with van der Waals surface area (Å²) in [6.07, 6.45) is 3.12. The Morgan fingerprint density at radius 1 is 0.625 bits per heavy atom. The Morgan fingerprint density at radius 3 is 1.25 bits per heavy atom. The summed E-state index contributed by atoms with van der Waals surface area (Å²) in [4.78, 5) is 49.1. The third-order valence-corrected chi connectivity index (χ3v) is 7.30. The zero-order valence-corrected chi connectivity index (χ0v) is 19.8. The molecule has 0 aromatic carbocycles. The molecule has 0 aromatic heterocycles. The van der Waals surface area contributed by atoms with Crippen molar-refractivity contribution in [2.75, 3.05) is 0 Å². The highest BCUT2D eigenvalue weighted by Crippen LogP contribution is 2.59. The van der Waals surface area contributed by atoms with Crippen LogP contribution >= 0.6 is 0 Å². The summed E-state index contributed by atoms with van der Waals surface area (Å²) in [6, 6.07) is 0. The first-order valence-electron chi connectivity index (χ1n) is 10.2. The molecule has 1 unspecified atom stereocenters. The van der Waals surface area contributed by atoms with Crippen molar-refractivity contribution >= 4 is 23.9 Å². The number of hydrogen-bond acceptors (Lipinski definition) is 5. The van der Waals surface area contributed by atoms with E-state index in [1.165, 1.54) is 55.4 Å². The van der Waals surface area contributed by atoms with Crippen molar-refractivity contribution in [3.63, 3.8) is 0 Å². The molecule has 1 saturated heterocycles. The first-order valence-corrected chi connectivity index (χ1v) is 10.2. The molecule has 1 aliphatic rings. The maximum absolute atomic E-state index is 12.4. The zero-order chi connectivity index (χ0) is 25.6. The molecule has 1 heterocycles. The topological polar surface area (TPSA) is 158 Å². The molecular formula is C23H34O9. The fourth-order valence-electron chi connectivity index (χ4n) is 4.79. The number of aliphatic carboxylic acids is 4. The molecule has 1 rings (SSSR count). The van der Waals surface area contributed by atoms with E-state index in [1.807, 2.05) is 0 Å². The van der Waals surface area contributed by atoms with Gasteiger partial charge < -0.3 is 25.2 Å². The number of rotatable bonds is 8. The number of carbonyl (C=O) groups is 4. The van der Waals surface area contributed by atoms with Gasteiger partial charge in [0.25, 0.3) is 0 Å². The molecule has 1 fully saturated rings. The van der Waals surface area contributed by atoms with E-state index in [4.69, 9.17) is 11.2 Å². The molecule has 0 aliphatic carbocycles. The van der Waals surface area contributed by atoms with Crippen molar-refractivity contribution in [1.82, 2.24) is 0 Å². The average molecular weight is 455 g/mol. The van der Waals surface area contributed by atoms with Crippen LogP contribution in [0.5, 0.6) is 0 Å². The van der Waals surface area contributed by atoms with Gasteiger partial charge in [0.05, 0.1) is 27.8 Å². The Hall–Kier alpha value is -2.60. The van der Waals surface area contributed by atoms with E-state index in [0.717, 1.165) is 0 Å². The van der Waals surface area contributed by atoms with Crippen LogP contribution in [-0.4, -0.2) is 56.5 Å². The van der Waals surface area contributed by atoms with Gasteiger partial charge in [0.1, 0.15) is 6.10 Å². The van der Waals surface area contributed by atoms with Gasteiger partial charge in [0, 0.05) is 11.8 Å². The molecule has 0 radical (unpaired) electrons. The third kappa shape index (κ3) is 4.20. The van der Waals surface area contributed by atoms with Crippen LogP contribution in [0.4, 0.5) is 0 Å². The van der Waals surface area contributed by atoms with Crippen LogP contribution in [0, 0.1) is 51.8 Å². The highest BCUT2D eigenvalue weighted by Gasteiger charge is 2.66. The lowest BCUT2D eigenvalue weighted by atomic mass is 9.48. The lowest BCUT2D eigenvalue weighted by Crippen LogP contribution is -2.66. The highest BCUT2D eigenvalue weighted by molar-refractivity contribution is 5.79. The van der Waals surface area contributed by atoms with Crippen LogP contribution in [0.25, 0.3) is 0 Å². The van der Waals surface area contributed by atoms with Crippen molar-refractivity contribution < 1.29 is 44.3 Å². The summed E-state index contributed by atoms with van der Waals surface area (Å²) >= 11 is 0. The normalized spacial score (nSPS) is 27.3. The second kappa shape index (κ2) is 8.39. The molecule has 32 heavy (non-hydrogen) atoms. The van der Waals surface area contributed by atoms with E-state index < -0.39 is 75.5 Å². The van der Waals surface area contributed by atoms with Crippen LogP contribution < -0.4 is 0 Å². The van der Waals surface area contributed by atoms with E-state index >= 15 is 0 Å². The zero-order valence-electron chi connectivity index (χ0n) is 19.8. The minimum atomic E-state index is -1.68. The van der Waals surface area contributed by atoms with Crippen molar-refractivity contribution in [2.45, 2.75) is 67.6 Å². The van der Waals surface area contributed by atoms with Gasteiger partial charge in [-0.3, -0.25) is 19.2 Å². The third-order valence-electron chi connectivity index (χ3n) is 7.30. The smallest absolute Gasteiger partial charge is 0.311 e. The molecule has 180 valence electrons. The molecule has 9 nitrogen and oxygen atoms in total. The summed E-state index contributed by atoms with van der Waals surface area (Å²) in [6.45, 7) is 10.9. The van der Waals surface area contributed by atoms with Gasteiger partial charge in [-0.25, -0.2) is 0 Å². The maximum Gasteiger partial charge on any atom is 0.311 e. The van der Waals surface area contributed by atoms with Crippen molar-refractivity contribution in [1.29, 1.82) is 0 Å². The van der Waals surface area contributed by atoms with Gasteiger partial charge in [0.15, 0.2) is 0 Å². The number of carboxylic acids is 4. The molecule has 5 atom stereocenters. The second-order valence-corrected chi connectivity index (χ2v) is 10.8. The van der Waals surface area contributed by atoms with E-state index in [9.17, 15) is 39.6 Å². The first-order chi connectivity index (χ1) is 14.2. The molecule has 4 N–H and O–H groups in total.